The summed E-state index contributed by atoms with van der Waals surface area (Å²) in [6.45, 7) is 6.03. The molecule has 2 rings (SSSR count). The van der Waals surface area contributed by atoms with Crippen LogP contribution in [-0.2, 0) is 14.3 Å². The molecule has 3 atom stereocenters. The molecule has 1 heterocycles. The molecule has 1 aromatic rings. The van der Waals surface area contributed by atoms with Crippen molar-refractivity contribution in [2.75, 3.05) is 32.6 Å². The maximum atomic E-state index is 12.4. The zero-order valence-electron chi connectivity index (χ0n) is 14.4. The minimum absolute atomic E-state index is 0. The molecule has 1 aliphatic heterocycles. The van der Waals surface area contributed by atoms with Crippen molar-refractivity contribution in [3.8, 4) is 0 Å². The number of thioether (sulfide) groups is 1. The minimum Gasteiger partial charge on any atom is -0.384 e. The smallest absolute Gasteiger partial charge is 0.240 e. The Hall–Kier alpha value is -0.790. The second-order valence-corrected chi connectivity index (χ2v) is 6.82. The van der Waals surface area contributed by atoms with Gasteiger partial charge in [0.2, 0.25) is 5.91 Å². The van der Waals surface area contributed by atoms with E-state index in [1.807, 2.05) is 13.8 Å². The molecule has 0 spiro atoms. The SMILES string of the molecule is COCCSc1ccc(C(C)NC(=O)[C@H]2NCCO[C@@H]2C)cc1.Cl. The summed E-state index contributed by atoms with van der Waals surface area (Å²) in [4.78, 5) is 13.6. The largest absolute Gasteiger partial charge is 0.384 e. The van der Waals surface area contributed by atoms with Gasteiger partial charge in [-0.1, -0.05) is 12.1 Å². The normalized spacial score (nSPS) is 21.6. The Kier molecular flexibility index (Phi) is 9.69. The van der Waals surface area contributed by atoms with Crippen LogP contribution < -0.4 is 10.6 Å². The summed E-state index contributed by atoms with van der Waals surface area (Å²) < 4.78 is 10.6. The molecule has 1 aromatic carbocycles. The van der Waals surface area contributed by atoms with Crippen molar-refractivity contribution in [1.29, 1.82) is 0 Å². The van der Waals surface area contributed by atoms with Crippen LogP contribution >= 0.6 is 24.2 Å². The molecular formula is C17H27ClN2O3S. The Morgan fingerprint density at radius 3 is 2.79 bits per heavy atom. The number of benzene rings is 1. The van der Waals surface area contributed by atoms with E-state index < -0.39 is 0 Å². The van der Waals surface area contributed by atoms with Gasteiger partial charge in [-0.15, -0.1) is 24.2 Å². The molecule has 1 unspecified atom stereocenters. The fraction of sp³-hybridized carbons (Fsp3) is 0.588. The molecule has 1 fully saturated rings. The predicted octanol–water partition coefficient (Wildman–Crippen LogP) is 2.40. The average Bonchev–Trinajstić information content (AvgIpc) is 2.56. The maximum absolute atomic E-state index is 12.4. The van der Waals surface area contributed by atoms with Crippen LogP contribution in [0.3, 0.4) is 0 Å². The van der Waals surface area contributed by atoms with Gasteiger partial charge in [-0.05, 0) is 31.5 Å². The highest BCUT2D eigenvalue weighted by molar-refractivity contribution is 7.99. The summed E-state index contributed by atoms with van der Waals surface area (Å²) >= 11 is 1.76. The van der Waals surface area contributed by atoms with Crippen LogP contribution in [0.4, 0.5) is 0 Å². The molecule has 7 heteroatoms. The van der Waals surface area contributed by atoms with E-state index in [1.165, 1.54) is 4.90 Å². The van der Waals surface area contributed by atoms with E-state index in [-0.39, 0.29) is 36.5 Å². The molecule has 1 aliphatic rings. The fourth-order valence-electron chi connectivity index (χ4n) is 2.51. The first-order valence-electron chi connectivity index (χ1n) is 7.99. The van der Waals surface area contributed by atoms with Crippen LogP contribution in [0.2, 0.25) is 0 Å². The molecule has 1 amide bonds. The van der Waals surface area contributed by atoms with Gasteiger partial charge >= 0.3 is 0 Å². The lowest BCUT2D eigenvalue weighted by Gasteiger charge is -2.30. The van der Waals surface area contributed by atoms with Crippen molar-refractivity contribution >= 4 is 30.1 Å². The van der Waals surface area contributed by atoms with Crippen molar-refractivity contribution in [3.63, 3.8) is 0 Å². The topological polar surface area (TPSA) is 59.6 Å². The number of halogens is 1. The number of rotatable bonds is 7. The summed E-state index contributed by atoms with van der Waals surface area (Å²) in [6, 6.07) is 7.99. The van der Waals surface area contributed by atoms with E-state index >= 15 is 0 Å². The van der Waals surface area contributed by atoms with Crippen LogP contribution in [0, 0.1) is 0 Å². The highest BCUT2D eigenvalue weighted by Gasteiger charge is 2.29. The van der Waals surface area contributed by atoms with Crippen molar-refractivity contribution in [2.45, 2.75) is 36.9 Å². The summed E-state index contributed by atoms with van der Waals surface area (Å²) in [5.74, 6) is 0.927. The summed E-state index contributed by atoms with van der Waals surface area (Å²) in [7, 11) is 1.71. The van der Waals surface area contributed by atoms with Gasteiger partial charge < -0.3 is 20.1 Å². The minimum atomic E-state index is -0.282. The summed E-state index contributed by atoms with van der Waals surface area (Å²) in [6.07, 6.45) is -0.101. The Morgan fingerprint density at radius 1 is 1.46 bits per heavy atom. The Morgan fingerprint density at radius 2 is 2.17 bits per heavy atom. The number of hydrogen-bond donors (Lipinski definition) is 2. The third-order valence-electron chi connectivity index (χ3n) is 3.89. The quantitative estimate of drug-likeness (QED) is 0.567. The molecule has 1 saturated heterocycles. The number of hydrogen-bond acceptors (Lipinski definition) is 5. The van der Waals surface area contributed by atoms with Gasteiger partial charge in [0.25, 0.3) is 0 Å². The number of methoxy groups -OCH3 is 1. The fourth-order valence-corrected chi connectivity index (χ4v) is 3.32. The first kappa shape index (κ1) is 21.3. The number of morpholine rings is 1. The van der Waals surface area contributed by atoms with Gasteiger partial charge in [-0.3, -0.25) is 4.79 Å². The molecule has 24 heavy (non-hydrogen) atoms. The second kappa shape index (κ2) is 10.9. The number of ether oxygens (including phenoxy) is 2. The molecule has 136 valence electrons. The van der Waals surface area contributed by atoms with Gasteiger partial charge in [0.15, 0.2) is 0 Å². The van der Waals surface area contributed by atoms with Crippen LogP contribution in [0.15, 0.2) is 29.2 Å². The van der Waals surface area contributed by atoms with E-state index in [9.17, 15) is 4.79 Å². The van der Waals surface area contributed by atoms with Crippen LogP contribution in [-0.4, -0.2) is 50.7 Å². The van der Waals surface area contributed by atoms with Gasteiger partial charge in [0, 0.05) is 24.3 Å². The monoisotopic (exact) mass is 374 g/mol. The van der Waals surface area contributed by atoms with Gasteiger partial charge in [0.05, 0.1) is 25.4 Å². The van der Waals surface area contributed by atoms with Gasteiger partial charge in [-0.25, -0.2) is 0 Å². The molecule has 0 radical (unpaired) electrons. The van der Waals surface area contributed by atoms with Crippen molar-refractivity contribution in [3.05, 3.63) is 29.8 Å². The lowest BCUT2D eigenvalue weighted by molar-refractivity contribution is -0.129. The van der Waals surface area contributed by atoms with Gasteiger partial charge in [-0.2, -0.15) is 0 Å². The Balaban J connectivity index is 0.00000288. The second-order valence-electron chi connectivity index (χ2n) is 5.65. The lowest BCUT2D eigenvalue weighted by Crippen LogP contribution is -2.55. The van der Waals surface area contributed by atoms with Crippen LogP contribution in [0.25, 0.3) is 0 Å². The molecule has 2 N–H and O–H groups in total. The summed E-state index contributed by atoms with van der Waals surface area (Å²) in [5, 5.41) is 6.27. The predicted molar refractivity (Wildman–Crippen MR) is 100 cm³/mol. The molecular weight excluding hydrogens is 348 g/mol. The van der Waals surface area contributed by atoms with Crippen molar-refractivity contribution in [2.24, 2.45) is 0 Å². The highest BCUT2D eigenvalue weighted by Crippen LogP contribution is 2.21. The molecule has 0 aliphatic carbocycles. The summed E-state index contributed by atoms with van der Waals surface area (Å²) in [5.41, 5.74) is 1.10. The maximum Gasteiger partial charge on any atom is 0.240 e. The Bertz CT molecular complexity index is 501. The number of carbonyl (C=O) groups is 1. The highest BCUT2D eigenvalue weighted by atomic mass is 35.5. The average molecular weight is 375 g/mol. The zero-order valence-corrected chi connectivity index (χ0v) is 16.0. The van der Waals surface area contributed by atoms with Gasteiger partial charge in [0.1, 0.15) is 6.04 Å². The molecule has 0 bridgehead atoms. The molecule has 5 nitrogen and oxygen atoms in total. The third-order valence-corrected chi connectivity index (χ3v) is 4.87. The van der Waals surface area contributed by atoms with Crippen LogP contribution in [0.5, 0.6) is 0 Å². The van der Waals surface area contributed by atoms with E-state index in [0.29, 0.717) is 13.2 Å². The lowest BCUT2D eigenvalue weighted by atomic mass is 10.1. The third kappa shape index (κ3) is 6.26. The van der Waals surface area contributed by atoms with E-state index in [0.717, 1.165) is 17.9 Å². The van der Waals surface area contributed by atoms with Crippen molar-refractivity contribution < 1.29 is 14.3 Å². The first-order valence-corrected chi connectivity index (χ1v) is 8.97. The van der Waals surface area contributed by atoms with Crippen LogP contribution in [0.1, 0.15) is 25.5 Å². The van der Waals surface area contributed by atoms with E-state index in [1.54, 1.807) is 18.9 Å². The van der Waals surface area contributed by atoms with Crippen molar-refractivity contribution in [1.82, 2.24) is 10.6 Å². The number of nitrogens with one attached hydrogen (secondary N) is 2. The zero-order chi connectivity index (χ0) is 16.7. The Labute approximate surface area is 154 Å². The first-order chi connectivity index (χ1) is 11.1. The molecule has 0 aromatic heterocycles. The van der Waals surface area contributed by atoms with E-state index in [2.05, 4.69) is 34.9 Å². The van der Waals surface area contributed by atoms with E-state index in [4.69, 9.17) is 9.47 Å². The number of amides is 1. The number of carbonyl (C=O) groups excluding carboxylic acids is 1. The standard InChI is InChI=1S/C17H26N2O3S.ClH/c1-12(19-17(20)16-13(2)22-9-8-18-16)14-4-6-15(7-5-14)23-11-10-21-3;/h4-7,12-13,16,18H,8-11H2,1-3H3,(H,19,20);1H/t12?,13-,16+;/m1./s1. The molecule has 0 saturated carbocycles.